The van der Waals surface area contributed by atoms with Gasteiger partial charge >= 0.3 is 5.97 Å². The zero-order valence-corrected chi connectivity index (χ0v) is 14.0. The van der Waals surface area contributed by atoms with Gasteiger partial charge in [-0.15, -0.1) is 10.2 Å². The molecular formula is C16H18N6O4. The summed E-state index contributed by atoms with van der Waals surface area (Å²) in [5.41, 5.74) is 6.38. The SMILES string of the molecule is CNCC(=O)Nc1ccc(/N=N/c2ccccc2OC(=O)CO)c(N)n1. The minimum absolute atomic E-state index is 0.0702. The third kappa shape index (κ3) is 5.33. The Labute approximate surface area is 149 Å². The lowest BCUT2D eigenvalue weighted by molar-refractivity contribution is -0.137. The van der Waals surface area contributed by atoms with Crippen molar-refractivity contribution < 1.29 is 19.4 Å². The molecular weight excluding hydrogens is 340 g/mol. The van der Waals surface area contributed by atoms with E-state index < -0.39 is 12.6 Å². The van der Waals surface area contributed by atoms with Crippen LogP contribution in [0.1, 0.15) is 0 Å². The molecule has 0 spiro atoms. The molecule has 1 aromatic heterocycles. The number of azo groups is 1. The zero-order valence-electron chi connectivity index (χ0n) is 14.0. The minimum Gasteiger partial charge on any atom is -0.422 e. The number of hydrogen-bond donors (Lipinski definition) is 4. The molecule has 0 aliphatic carbocycles. The van der Waals surface area contributed by atoms with E-state index >= 15 is 0 Å². The smallest absolute Gasteiger partial charge is 0.337 e. The molecule has 0 aliphatic rings. The Balaban J connectivity index is 2.16. The number of aromatic nitrogens is 1. The number of aliphatic hydroxyl groups excluding tert-OH is 1. The minimum atomic E-state index is -0.810. The second-order valence-electron chi connectivity index (χ2n) is 4.98. The van der Waals surface area contributed by atoms with E-state index in [0.717, 1.165) is 0 Å². The zero-order chi connectivity index (χ0) is 18.9. The number of ether oxygens (including phenoxy) is 1. The van der Waals surface area contributed by atoms with Crippen LogP contribution < -0.4 is 21.1 Å². The van der Waals surface area contributed by atoms with Crippen LogP contribution >= 0.6 is 0 Å². The summed E-state index contributed by atoms with van der Waals surface area (Å²) < 4.78 is 4.96. The van der Waals surface area contributed by atoms with E-state index in [0.29, 0.717) is 5.82 Å². The van der Waals surface area contributed by atoms with E-state index in [4.69, 9.17) is 15.6 Å². The van der Waals surface area contributed by atoms with E-state index in [1.54, 1.807) is 31.3 Å². The number of para-hydroxylation sites is 1. The monoisotopic (exact) mass is 358 g/mol. The molecule has 0 fully saturated rings. The largest absolute Gasteiger partial charge is 0.422 e. The first-order valence-corrected chi connectivity index (χ1v) is 7.56. The Hall–Kier alpha value is -3.37. The van der Waals surface area contributed by atoms with Crippen LogP contribution in [-0.2, 0) is 9.59 Å². The highest BCUT2D eigenvalue weighted by Crippen LogP contribution is 2.30. The second kappa shape index (κ2) is 9.20. The number of nitrogens with two attached hydrogens (primary N) is 1. The number of pyridine rings is 1. The molecule has 1 amide bonds. The summed E-state index contributed by atoms with van der Waals surface area (Å²) in [7, 11) is 1.65. The van der Waals surface area contributed by atoms with Crippen molar-refractivity contribution in [2.45, 2.75) is 0 Å². The van der Waals surface area contributed by atoms with Gasteiger partial charge in [-0.25, -0.2) is 9.78 Å². The van der Waals surface area contributed by atoms with Crippen molar-refractivity contribution >= 4 is 34.9 Å². The number of esters is 1. The molecule has 0 saturated heterocycles. The van der Waals surface area contributed by atoms with E-state index in [9.17, 15) is 9.59 Å². The van der Waals surface area contributed by atoms with Gasteiger partial charge in [0.25, 0.3) is 0 Å². The van der Waals surface area contributed by atoms with Crippen LogP contribution in [0.4, 0.5) is 23.0 Å². The number of carbonyl (C=O) groups is 2. The molecule has 2 rings (SSSR count). The van der Waals surface area contributed by atoms with Crippen molar-refractivity contribution in [2.75, 3.05) is 31.2 Å². The lowest BCUT2D eigenvalue weighted by atomic mass is 10.3. The van der Waals surface area contributed by atoms with Crippen LogP contribution in [0.3, 0.4) is 0 Å². The van der Waals surface area contributed by atoms with Gasteiger partial charge in [0, 0.05) is 0 Å². The quantitative estimate of drug-likeness (QED) is 0.329. The predicted molar refractivity (Wildman–Crippen MR) is 94.5 cm³/mol. The van der Waals surface area contributed by atoms with Gasteiger partial charge in [-0.2, -0.15) is 0 Å². The van der Waals surface area contributed by atoms with E-state index in [-0.39, 0.29) is 35.4 Å². The van der Waals surface area contributed by atoms with Gasteiger partial charge < -0.3 is 26.2 Å². The van der Waals surface area contributed by atoms with Gasteiger partial charge in [-0.3, -0.25) is 4.79 Å². The molecule has 0 aliphatic heterocycles. The molecule has 0 radical (unpaired) electrons. The Bertz CT molecular complexity index is 824. The van der Waals surface area contributed by atoms with Gasteiger partial charge in [-0.05, 0) is 31.3 Å². The van der Waals surface area contributed by atoms with E-state index in [2.05, 4.69) is 25.8 Å². The Morgan fingerprint density at radius 3 is 2.62 bits per heavy atom. The summed E-state index contributed by atoms with van der Waals surface area (Å²) in [4.78, 5) is 26.8. The molecule has 0 atom stereocenters. The van der Waals surface area contributed by atoms with Crippen LogP contribution in [0.5, 0.6) is 5.75 Å². The summed E-state index contributed by atoms with van der Waals surface area (Å²) in [5.74, 6) is -0.554. The van der Waals surface area contributed by atoms with Crippen molar-refractivity contribution in [3.8, 4) is 5.75 Å². The molecule has 26 heavy (non-hydrogen) atoms. The lowest BCUT2D eigenvalue weighted by Crippen LogP contribution is -2.25. The van der Waals surface area contributed by atoms with Crippen LogP contribution in [-0.4, -0.2) is 42.2 Å². The first-order chi connectivity index (χ1) is 12.5. The highest BCUT2D eigenvalue weighted by atomic mass is 16.5. The number of aliphatic hydroxyl groups is 1. The normalized spacial score (nSPS) is 10.7. The lowest BCUT2D eigenvalue weighted by Gasteiger charge is -2.06. The number of likely N-dealkylation sites (N-methyl/N-ethyl adjacent to an activating group) is 1. The first kappa shape index (κ1) is 19.0. The third-order valence-electron chi connectivity index (χ3n) is 2.99. The summed E-state index contributed by atoms with van der Waals surface area (Å²) in [6.45, 7) is -0.602. The highest BCUT2D eigenvalue weighted by Gasteiger charge is 2.09. The first-order valence-electron chi connectivity index (χ1n) is 7.56. The average molecular weight is 358 g/mol. The van der Waals surface area contributed by atoms with Crippen molar-refractivity contribution in [1.29, 1.82) is 0 Å². The number of nitrogens with zero attached hydrogens (tertiary/aromatic N) is 3. The van der Waals surface area contributed by atoms with Crippen molar-refractivity contribution in [3.63, 3.8) is 0 Å². The van der Waals surface area contributed by atoms with Gasteiger partial charge in [-0.1, -0.05) is 12.1 Å². The molecule has 10 heteroatoms. The predicted octanol–water partition coefficient (Wildman–Crippen LogP) is 1.13. The van der Waals surface area contributed by atoms with Crippen molar-refractivity contribution in [2.24, 2.45) is 10.2 Å². The topological polar surface area (TPSA) is 151 Å². The van der Waals surface area contributed by atoms with Gasteiger partial charge in [0.05, 0.1) is 6.54 Å². The number of anilines is 2. The Morgan fingerprint density at radius 1 is 1.19 bits per heavy atom. The molecule has 0 bridgehead atoms. The fourth-order valence-electron chi connectivity index (χ4n) is 1.86. The average Bonchev–Trinajstić information content (AvgIpc) is 2.62. The van der Waals surface area contributed by atoms with Crippen molar-refractivity contribution in [1.82, 2.24) is 10.3 Å². The van der Waals surface area contributed by atoms with Crippen LogP contribution in [0.2, 0.25) is 0 Å². The second-order valence-corrected chi connectivity index (χ2v) is 4.98. The Kier molecular flexibility index (Phi) is 6.71. The fraction of sp³-hybridized carbons (Fsp3) is 0.188. The standard InChI is InChI=1S/C16H18N6O4/c1-18-8-14(24)19-13-7-6-11(16(17)20-13)22-21-10-4-2-3-5-12(10)26-15(25)9-23/h2-7,18,23H,8-9H2,1H3,(H3,17,19,20,24)/b22-21+. The number of rotatable bonds is 7. The van der Waals surface area contributed by atoms with E-state index in [1.165, 1.54) is 12.1 Å². The van der Waals surface area contributed by atoms with Crippen LogP contribution in [0, 0.1) is 0 Å². The molecule has 2 aromatic rings. The maximum atomic E-state index is 11.5. The highest BCUT2D eigenvalue weighted by molar-refractivity contribution is 5.91. The molecule has 5 N–H and O–H groups in total. The maximum absolute atomic E-state index is 11.5. The number of benzene rings is 1. The molecule has 10 nitrogen and oxygen atoms in total. The number of amides is 1. The van der Waals surface area contributed by atoms with Crippen LogP contribution in [0.25, 0.3) is 0 Å². The molecule has 0 saturated carbocycles. The van der Waals surface area contributed by atoms with E-state index in [1.807, 2.05) is 0 Å². The summed E-state index contributed by atoms with van der Waals surface area (Å²) in [5, 5.41) is 22.0. The molecule has 0 unspecified atom stereocenters. The number of hydrogen-bond acceptors (Lipinski definition) is 9. The maximum Gasteiger partial charge on any atom is 0.337 e. The summed E-state index contributed by atoms with van der Waals surface area (Å²) >= 11 is 0. The molecule has 1 heterocycles. The Morgan fingerprint density at radius 2 is 1.92 bits per heavy atom. The van der Waals surface area contributed by atoms with Gasteiger partial charge in [0.15, 0.2) is 11.6 Å². The van der Waals surface area contributed by atoms with Crippen LogP contribution in [0.15, 0.2) is 46.6 Å². The van der Waals surface area contributed by atoms with Gasteiger partial charge in [0.1, 0.15) is 23.8 Å². The molecule has 1 aromatic carbocycles. The number of nitrogens with one attached hydrogen (secondary N) is 2. The van der Waals surface area contributed by atoms with Crippen molar-refractivity contribution in [3.05, 3.63) is 36.4 Å². The summed E-state index contributed by atoms with van der Waals surface area (Å²) in [6.07, 6.45) is 0. The summed E-state index contributed by atoms with van der Waals surface area (Å²) in [6, 6.07) is 9.52. The third-order valence-corrected chi connectivity index (χ3v) is 2.99. The number of nitrogen functional groups attached to an aromatic ring is 1. The van der Waals surface area contributed by atoms with Gasteiger partial charge in [0.2, 0.25) is 5.91 Å². The molecule has 136 valence electrons. The fourth-order valence-corrected chi connectivity index (χ4v) is 1.86. The number of carbonyl (C=O) groups excluding carboxylic acids is 2.